The van der Waals surface area contributed by atoms with Gasteiger partial charge in [-0.15, -0.1) is 0 Å². The third kappa shape index (κ3) is 3.56. The van der Waals surface area contributed by atoms with Crippen molar-refractivity contribution in [3.63, 3.8) is 0 Å². The Morgan fingerprint density at radius 2 is 1.92 bits per heavy atom. The largest absolute Gasteiger partial charge is 0.352 e. The Kier molecular flexibility index (Phi) is 4.59. The van der Waals surface area contributed by atoms with Crippen LogP contribution in [0.15, 0.2) is 61.3 Å². The Morgan fingerprint density at radius 3 is 2.65 bits per heavy atom. The summed E-state index contributed by atoms with van der Waals surface area (Å²) in [6, 6.07) is 9.68. The van der Waals surface area contributed by atoms with Crippen molar-refractivity contribution in [2.45, 2.75) is 6.54 Å². The molecule has 4 rings (SSSR count). The molecule has 0 N–H and O–H groups in total. The topological polar surface area (TPSA) is 67.2 Å². The minimum absolute atomic E-state index is 0.0751. The molecule has 7 heteroatoms. The fraction of sp³-hybridized carbons (Fsp3) is 0.263. The number of benzene rings is 1. The van der Waals surface area contributed by atoms with Crippen molar-refractivity contribution in [1.29, 1.82) is 0 Å². The zero-order valence-corrected chi connectivity index (χ0v) is 14.4. The first-order valence-electron chi connectivity index (χ1n) is 8.66. The Labute approximate surface area is 151 Å². The maximum atomic E-state index is 12.9. The summed E-state index contributed by atoms with van der Waals surface area (Å²) in [7, 11) is 0. The van der Waals surface area contributed by atoms with Crippen LogP contribution >= 0.6 is 0 Å². The molecule has 2 aromatic heterocycles. The highest BCUT2D eigenvalue weighted by Crippen LogP contribution is 2.15. The average molecular weight is 348 g/mol. The summed E-state index contributed by atoms with van der Waals surface area (Å²) in [5.41, 5.74) is 1.79. The Bertz CT molecular complexity index is 857. The zero-order chi connectivity index (χ0) is 17.8. The third-order valence-corrected chi connectivity index (χ3v) is 4.52. The second-order valence-electron chi connectivity index (χ2n) is 6.25. The van der Waals surface area contributed by atoms with Gasteiger partial charge in [0.25, 0.3) is 5.91 Å². The van der Waals surface area contributed by atoms with Crippen molar-refractivity contribution >= 4 is 11.7 Å². The number of carbonyl (C=O) groups is 1. The van der Waals surface area contributed by atoms with E-state index < -0.39 is 0 Å². The van der Waals surface area contributed by atoms with Crippen molar-refractivity contribution in [3.05, 3.63) is 72.4 Å². The number of nitrogens with zero attached hydrogens (tertiary/aromatic N) is 6. The summed E-state index contributed by atoms with van der Waals surface area (Å²) >= 11 is 0. The van der Waals surface area contributed by atoms with Crippen molar-refractivity contribution in [2.24, 2.45) is 0 Å². The van der Waals surface area contributed by atoms with Gasteiger partial charge in [-0.1, -0.05) is 12.1 Å². The smallest absolute Gasteiger partial charge is 0.253 e. The molecule has 0 aliphatic carbocycles. The fourth-order valence-corrected chi connectivity index (χ4v) is 3.16. The molecule has 1 aliphatic heterocycles. The molecule has 0 saturated carbocycles. The van der Waals surface area contributed by atoms with E-state index in [0.29, 0.717) is 19.6 Å². The molecule has 0 atom stereocenters. The first-order chi connectivity index (χ1) is 12.8. The highest BCUT2D eigenvalue weighted by molar-refractivity contribution is 5.94. The molecule has 1 saturated heterocycles. The lowest BCUT2D eigenvalue weighted by Gasteiger charge is -2.35. The molecule has 0 radical (unpaired) electrons. The van der Waals surface area contributed by atoms with Crippen molar-refractivity contribution in [3.8, 4) is 0 Å². The highest BCUT2D eigenvalue weighted by Gasteiger charge is 2.23. The number of piperazine rings is 1. The molecule has 1 amide bonds. The molecule has 26 heavy (non-hydrogen) atoms. The summed E-state index contributed by atoms with van der Waals surface area (Å²) in [6.07, 6.45) is 8.79. The second-order valence-corrected chi connectivity index (χ2v) is 6.25. The van der Waals surface area contributed by atoms with Crippen LogP contribution < -0.4 is 4.90 Å². The van der Waals surface area contributed by atoms with Gasteiger partial charge in [0.05, 0.1) is 12.7 Å². The first-order valence-corrected chi connectivity index (χ1v) is 8.66. The average Bonchev–Trinajstić information content (AvgIpc) is 3.21. The standard InChI is InChI=1S/C19H20N6O/c26-19(17-4-1-3-16(13-17)15-25-8-2-5-22-25)24-11-9-23(10-12-24)18-14-20-6-7-21-18/h1-8,13-14H,9-12,15H2. The van der Waals surface area contributed by atoms with E-state index in [2.05, 4.69) is 20.0 Å². The van der Waals surface area contributed by atoms with Gasteiger partial charge in [0.1, 0.15) is 5.82 Å². The van der Waals surface area contributed by atoms with Crippen LogP contribution in [-0.4, -0.2) is 56.7 Å². The van der Waals surface area contributed by atoms with Gasteiger partial charge in [-0.3, -0.25) is 14.5 Å². The molecule has 0 spiro atoms. The molecule has 3 aromatic rings. The number of hydrogen-bond donors (Lipinski definition) is 0. The lowest BCUT2D eigenvalue weighted by molar-refractivity contribution is 0.0746. The monoisotopic (exact) mass is 348 g/mol. The van der Waals surface area contributed by atoms with Gasteiger partial charge in [-0.25, -0.2) is 4.98 Å². The molecule has 1 aromatic carbocycles. The number of aromatic nitrogens is 4. The Balaban J connectivity index is 1.40. The predicted molar refractivity (Wildman–Crippen MR) is 97.9 cm³/mol. The van der Waals surface area contributed by atoms with Crippen molar-refractivity contribution in [1.82, 2.24) is 24.6 Å². The lowest BCUT2D eigenvalue weighted by atomic mass is 10.1. The van der Waals surface area contributed by atoms with E-state index in [9.17, 15) is 4.79 Å². The summed E-state index contributed by atoms with van der Waals surface area (Å²) in [4.78, 5) is 25.4. The van der Waals surface area contributed by atoms with Crippen LogP contribution in [0.3, 0.4) is 0 Å². The van der Waals surface area contributed by atoms with Gasteiger partial charge in [0.15, 0.2) is 0 Å². The van der Waals surface area contributed by atoms with Gasteiger partial charge in [0, 0.05) is 56.5 Å². The summed E-state index contributed by atoms with van der Waals surface area (Å²) in [5.74, 6) is 0.937. The SMILES string of the molecule is O=C(c1cccc(Cn2cccn2)c1)N1CCN(c2cnccn2)CC1. The molecule has 1 fully saturated rings. The molecule has 3 heterocycles. The van der Waals surface area contributed by atoms with Crippen LogP contribution in [0.2, 0.25) is 0 Å². The molecule has 1 aliphatic rings. The van der Waals surface area contributed by atoms with E-state index in [1.54, 1.807) is 24.8 Å². The molecule has 7 nitrogen and oxygen atoms in total. The first kappa shape index (κ1) is 16.3. The Hall–Kier alpha value is -3.22. The van der Waals surface area contributed by atoms with E-state index in [1.165, 1.54) is 0 Å². The van der Waals surface area contributed by atoms with Crippen molar-refractivity contribution < 1.29 is 4.79 Å². The van der Waals surface area contributed by atoms with Crippen LogP contribution in [-0.2, 0) is 6.54 Å². The molecule has 0 unspecified atom stereocenters. The molecular weight excluding hydrogens is 328 g/mol. The quantitative estimate of drug-likeness (QED) is 0.718. The van der Waals surface area contributed by atoms with Gasteiger partial charge < -0.3 is 9.80 Å². The van der Waals surface area contributed by atoms with Gasteiger partial charge in [0.2, 0.25) is 0 Å². The summed E-state index contributed by atoms with van der Waals surface area (Å²) in [6.45, 7) is 3.54. The number of carbonyl (C=O) groups excluding carboxylic acids is 1. The molecular formula is C19H20N6O. The van der Waals surface area contributed by atoms with Gasteiger partial charge >= 0.3 is 0 Å². The fourth-order valence-electron chi connectivity index (χ4n) is 3.16. The highest BCUT2D eigenvalue weighted by atomic mass is 16.2. The van der Waals surface area contributed by atoms with Gasteiger partial charge in [-0.2, -0.15) is 5.10 Å². The predicted octanol–water partition coefficient (Wildman–Crippen LogP) is 1.68. The van der Waals surface area contributed by atoms with Crippen LogP contribution in [0.5, 0.6) is 0 Å². The summed E-state index contributed by atoms with van der Waals surface area (Å²) < 4.78 is 1.85. The third-order valence-electron chi connectivity index (χ3n) is 4.52. The van der Waals surface area contributed by atoms with E-state index >= 15 is 0 Å². The van der Waals surface area contributed by atoms with Crippen LogP contribution in [0.25, 0.3) is 0 Å². The van der Waals surface area contributed by atoms with E-state index in [1.807, 2.05) is 46.1 Å². The minimum Gasteiger partial charge on any atom is -0.352 e. The number of hydrogen-bond acceptors (Lipinski definition) is 5. The van der Waals surface area contributed by atoms with Crippen LogP contribution in [0.4, 0.5) is 5.82 Å². The number of amides is 1. The maximum Gasteiger partial charge on any atom is 0.253 e. The molecule has 0 bridgehead atoms. The number of rotatable bonds is 4. The normalized spacial score (nSPS) is 14.5. The lowest BCUT2D eigenvalue weighted by Crippen LogP contribution is -2.49. The Morgan fingerprint density at radius 1 is 1.04 bits per heavy atom. The molecule has 132 valence electrons. The van der Waals surface area contributed by atoms with E-state index in [4.69, 9.17) is 0 Å². The van der Waals surface area contributed by atoms with Crippen LogP contribution in [0, 0.1) is 0 Å². The van der Waals surface area contributed by atoms with Gasteiger partial charge in [-0.05, 0) is 23.8 Å². The second kappa shape index (κ2) is 7.35. The maximum absolute atomic E-state index is 12.9. The van der Waals surface area contributed by atoms with Crippen LogP contribution in [0.1, 0.15) is 15.9 Å². The zero-order valence-electron chi connectivity index (χ0n) is 14.4. The van der Waals surface area contributed by atoms with E-state index in [-0.39, 0.29) is 5.91 Å². The van der Waals surface area contributed by atoms with Crippen molar-refractivity contribution in [2.75, 3.05) is 31.1 Å². The summed E-state index contributed by atoms with van der Waals surface area (Å²) in [5, 5.41) is 4.22. The number of anilines is 1. The minimum atomic E-state index is 0.0751. The van der Waals surface area contributed by atoms with E-state index in [0.717, 1.165) is 30.0 Å².